The molecule has 0 aromatic heterocycles. The predicted molar refractivity (Wildman–Crippen MR) is 38.0 cm³/mol. The molecule has 0 amide bonds. The van der Waals surface area contributed by atoms with Gasteiger partial charge in [0, 0.05) is 13.1 Å². The van der Waals surface area contributed by atoms with Crippen LogP contribution in [-0.2, 0) is 4.74 Å². The van der Waals surface area contributed by atoms with Gasteiger partial charge in [0.1, 0.15) is 0 Å². The van der Waals surface area contributed by atoms with Crippen LogP contribution in [0.4, 0.5) is 0 Å². The molecule has 54 valence electrons. The first-order valence-corrected chi connectivity index (χ1v) is 3.26. The third kappa shape index (κ3) is 1.37. The van der Waals surface area contributed by atoms with Crippen molar-refractivity contribution in [2.45, 2.75) is 18.4 Å². The van der Waals surface area contributed by atoms with Gasteiger partial charge in [0.25, 0.3) is 0 Å². The minimum Gasteiger partial charge on any atom is -0.372 e. The van der Waals surface area contributed by atoms with Gasteiger partial charge in [-0.05, 0) is 12.8 Å². The number of ether oxygens (including phenoxy) is 1. The Morgan fingerprint density at radius 3 is 2.44 bits per heavy atom. The number of hydrogen-bond acceptors (Lipinski definition) is 2. The molecule has 0 aromatic carbocycles. The van der Waals surface area contributed by atoms with Gasteiger partial charge in [-0.2, -0.15) is 0 Å². The van der Waals surface area contributed by atoms with E-state index in [0.29, 0.717) is 5.60 Å². The molecule has 2 fully saturated rings. The summed E-state index contributed by atoms with van der Waals surface area (Å²) >= 11 is 0. The van der Waals surface area contributed by atoms with Crippen LogP contribution in [0, 0.1) is 0 Å². The molecule has 2 rings (SSSR count). The third-order valence-electron chi connectivity index (χ3n) is 1.94. The lowest BCUT2D eigenvalue weighted by atomic mass is 10.3. The van der Waals surface area contributed by atoms with E-state index in [0.717, 1.165) is 19.7 Å². The number of halogens is 1. The molecular formula is C6H12ClNO. The molecule has 1 saturated carbocycles. The fourth-order valence-electron chi connectivity index (χ4n) is 1.17. The molecule has 2 nitrogen and oxygen atoms in total. The maximum absolute atomic E-state index is 5.51. The summed E-state index contributed by atoms with van der Waals surface area (Å²) in [6.07, 6.45) is 2.56. The van der Waals surface area contributed by atoms with E-state index in [2.05, 4.69) is 5.32 Å². The SMILES string of the molecule is C1COC2(CC2)CN1.Cl. The van der Waals surface area contributed by atoms with Crippen molar-refractivity contribution in [2.24, 2.45) is 0 Å². The van der Waals surface area contributed by atoms with Crippen LogP contribution in [0.15, 0.2) is 0 Å². The van der Waals surface area contributed by atoms with E-state index < -0.39 is 0 Å². The molecule has 1 spiro atoms. The van der Waals surface area contributed by atoms with Gasteiger partial charge in [-0.15, -0.1) is 12.4 Å². The van der Waals surface area contributed by atoms with Gasteiger partial charge in [0.05, 0.1) is 12.2 Å². The van der Waals surface area contributed by atoms with Gasteiger partial charge < -0.3 is 10.1 Å². The van der Waals surface area contributed by atoms with Gasteiger partial charge in [0.2, 0.25) is 0 Å². The van der Waals surface area contributed by atoms with Gasteiger partial charge in [-0.3, -0.25) is 0 Å². The molecule has 1 aliphatic heterocycles. The van der Waals surface area contributed by atoms with Crippen LogP contribution in [0.5, 0.6) is 0 Å². The standard InChI is InChI=1S/C6H11NO.ClH/c1-2-6(1)5-7-3-4-8-6;/h7H,1-5H2;1H. The molecule has 3 heteroatoms. The molecule has 0 radical (unpaired) electrons. The summed E-state index contributed by atoms with van der Waals surface area (Å²) in [5.74, 6) is 0. The highest BCUT2D eigenvalue weighted by Gasteiger charge is 2.44. The van der Waals surface area contributed by atoms with E-state index in [1.807, 2.05) is 0 Å². The zero-order chi connectivity index (χ0) is 5.45. The molecule has 0 atom stereocenters. The smallest absolute Gasteiger partial charge is 0.0809 e. The molecule has 0 aromatic rings. The first-order valence-electron chi connectivity index (χ1n) is 3.26. The topological polar surface area (TPSA) is 21.3 Å². The van der Waals surface area contributed by atoms with Crippen LogP contribution < -0.4 is 5.32 Å². The zero-order valence-electron chi connectivity index (χ0n) is 5.35. The Kier molecular flexibility index (Phi) is 1.99. The number of morpholine rings is 1. The van der Waals surface area contributed by atoms with E-state index in [4.69, 9.17) is 4.74 Å². The Morgan fingerprint density at radius 1 is 1.33 bits per heavy atom. The Hall–Kier alpha value is 0.210. The van der Waals surface area contributed by atoms with Crippen molar-refractivity contribution in [1.82, 2.24) is 5.32 Å². The first-order chi connectivity index (χ1) is 3.91. The van der Waals surface area contributed by atoms with Crippen LogP contribution in [0.25, 0.3) is 0 Å². The fraction of sp³-hybridized carbons (Fsp3) is 1.00. The molecule has 1 aliphatic carbocycles. The Bertz CT molecular complexity index is 95.2. The van der Waals surface area contributed by atoms with Crippen molar-refractivity contribution in [3.63, 3.8) is 0 Å². The second-order valence-electron chi connectivity index (χ2n) is 2.71. The lowest BCUT2D eigenvalue weighted by molar-refractivity contribution is 0.00884. The summed E-state index contributed by atoms with van der Waals surface area (Å²) in [6, 6.07) is 0. The van der Waals surface area contributed by atoms with Crippen molar-refractivity contribution >= 4 is 12.4 Å². The van der Waals surface area contributed by atoms with E-state index in [1.165, 1.54) is 12.8 Å². The summed E-state index contributed by atoms with van der Waals surface area (Å²) in [5.41, 5.74) is 0.318. The maximum atomic E-state index is 5.51. The number of rotatable bonds is 0. The fourth-order valence-corrected chi connectivity index (χ4v) is 1.17. The molecule has 9 heavy (non-hydrogen) atoms. The first kappa shape index (κ1) is 7.32. The van der Waals surface area contributed by atoms with Crippen molar-refractivity contribution in [3.05, 3.63) is 0 Å². The molecular weight excluding hydrogens is 138 g/mol. The molecule has 1 N–H and O–H groups in total. The summed E-state index contributed by atoms with van der Waals surface area (Å²) < 4.78 is 5.51. The minimum absolute atomic E-state index is 0. The van der Waals surface area contributed by atoms with Crippen LogP contribution in [0.1, 0.15) is 12.8 Å². The average molecular weight is 150 g/mol. The summed E-state index contributed by atoms with van der Waals surface area (Å²) in [5, 5.41) is 3.31. The highest BCUT2D eigenvalue weighted by Crippen LogP contribution is 2.39. The highest BCUT2D eigenvalue weighted by molar-refractivity contribution is 5.85. The molecule has 1 heterocycles. The third-order valence-corrected chi connectivity index (χ3v) is 1.94. The van der Waals surface area contributed by atoms with E-state index >= 15 is 0 Å². The van der Waals surface area contributed by atoms with Gasteiger partial charge in [-0.25, -0.2) is 0 Å². The molecule has 0 bridgehead atoms. The number of hydrogen-bond donors (Lipinski definition) is 1. The quantitative estimate of drug-likeness (QED) is 0.544. The van der Waals surface area contributed by atoms with Crippen LogP contribution >= 0.6 is 12.4 Å². The van der Waals surface area contributed by atoms with E-state index in [9.17, 15) is 0 Å². The summed E-state index contributed by atoms with van der Waals surface area (Å²) in [4.78, 5) is 0. The Balaban J connectivity index is 0.000000405. The average Bonchev–Trinajstić information content (AvgIpc) is 2.52. The van der Waals surface area contributed by atoms with Gasteiger partial charge in [-0.1, -0.05) is 0 Å². The lowest BCUT2D eigenvalue weighted by Crippen LogP contribution is -2.39. The highest BCUT2D eigenvalue weighted by atomic mass is 35.5. The zero-order valence-corrected chi connectivity index (χ0v) is 6.17. The summed E-state index contributed by atoms with van der Waals surface area (Å²) in [6.45, 7) is 3.05. The molecule has 1 saturated heterocycles. The van der Waals surface area contributed by atoms with E-state index in [1.54, 1.807) is 0 Å². The van der Waals surface area contributed by atoms with Crippen LogP contribution in [0.2, 0.25) is 0 Å². The van der Waals surface area contributed by atoms with Crippen molar-refractivity contribution in [3.8, 4) is 0 Å². The predicted octanol–water partition coefficient (Wildman–Crippen LogP) is 0.561. The monoisotopic (exact) mass is 149 g/mol. The second kappa shape index (κ2) is 2.45. The largest absolute Gasteiger partial charge is 0.372 e. The van der Waals surface area contributed by atoms with E-state index in [-0.39, 0.29) is 12.4 Å². The normalized spacial score (nSPS) is 29.3. The van der Waals surface area contributed by atoms with Crippen LogP contribution in [-0.4, -0.2) is 25.3 Å². The van der Waals surface area contributed by atoms with Crippen LogP contribution in [0.3, 0.4) is 0 Å². The maximum Gasteiger partial charge on any atom is 0.0809 e. The minimum atomic E-state index is 0. The van der Waals surface area contributed by atoms with Crippen molar-refractivity contribution in [2.75, 3.05) is 19.7 Å². The number of nitrogens with one attached hydrogen (secondary N) is 1. The van der Waals surface area contributed by atoms with Gasteiger partial charge in [0.15, 0.2) is 0 Å². The molecule has 2 aliphatic rings. The Morgan fingerprint density at radius 2 is 2.11 bits per heavy atom. The Labute approximate surface area is 61.4 Å². The lowest BCUT2D eigenvalue weighted by Gasteiger charge is -2.22. The van der Waals surface area contributed by atoms with Gasteiger partial charge >= 0.3 is 0 Å². The van der Waals surface area contributed by atoms with Crippen molar-refractivity contribution in [1.29, 1.82) is 0 Å². The van der Waals surface area contributed by atoms with Crippen molar-refractivity contribution < 1.29 is 4.74 Å². The second-order valence-corrected chi connectivity index (χ2v) is 2.71. The molecule has 0 unspecified atom stereocenters. The summed E-state index contributed by atoms with van der Waals surface area (Å²) in [7, 11) is 0.